The first kappa shape index (κ1) is 18.1. The number of hydrogen-bond donors (Lipinski definition) is 1. The Hall–Kier alpha value is -1.69. The highest BCUT2D eigenvalue weighted by Crippen LogP contribution is 2.19. The largest absolute Gasteiger partial charge is 0.342 e. The second-order valence-corrected chi connectivity index (χ2v) is 7.78. The summed E-state index contributed by atoms with van der Waals surface area (Å²) < 4.78 is 0. The zero-order valence-electron chi connectivity index (χ0n) is 15.7. The molecule has 0 aromatic carbocycles. The first-order chi connectivity index (χ1) is 12.0. The van der Waals surface area contributed by atoms with Gasteiger partial charge in [-0.25, -0.2) is 9.97 Å². The summed E-state index contributed by atoms with van der Waals surface area (Å²) in [5.41, 5.74) is 1.12. The van der Waals surface area contributed by atoms with E-state index >= 15 is 0 Å². The summed E-state index contributed by atoms with van der Waals surface area (Å²) in [6.45, 7) is 10.8. The summed E-state index contributed by atoms with van der Waals surface area (Å²) in [5, 5.41) is 3.63. The molecule has 6 nitrogen and oxygen atoms in total. The van der Waals surface area contributed by atoms with E-state index < -0.39 is 0 Å². The molecule has 0 saturated carbocycles. The molecule has 6 heteroatoms. The van der Waals surface area contributed by atoms with E-state index in [0.29, 0.717) is 12.0 Å². The maximum atomic E-state index is 12.2. The van der Waals surface area contributed by atoms with Gasteiger partial charge < -0.3 is 15.1 Å². The third-order valence-corrected chi connectivity index (χ3v) is 5.36. The number of carbonyl (C=O) groups excluding carboxylic acids is 1. The highest BCUT2D eigenvalue weighted by molar-refractivity contribution is 5.78. The third-order valence-electron chi connectivity index (χ3n) is 5.36. The number of anilines is 1. The van der Waals surface area contributed by atoms with E-state index in [1.54, 1.807) is 0 Å². The molecule has 3 rings (SSSR count). The minimum Gasteiger partial charge on any atom is -0.342 e. The summed E-state index contributed by atoms with van der Waals surface area (Å²) in [7, 11) is 0. The minimum absolute atomic E-state index is 0.0861. The van der Waals surface area contributed by atoms with Crippen LogP contribution in [0.1, 0.15) is 45.6 Å². The Labute approximate surface area is 151 Å². The molecule has 1 amide bonds. The molecule has 2 saturated heterocycles. The van der Waals surface area contributed by atoms with Crippen molar-refractivity contribution in [3.8, 4) is 0 Å². The third kappa shape index (κ3) is 4.48. The first-order valence-electron chi connectivity index (χ1n) is 9.62. The molecule has 2 fully saturated rings. The van der Waals surface area contributed by atoms with Crippen LogP contribution < -0.4 is 10.2 Å². The van der Waals surface area contributed by atoms with E-state index in [9.17, 15) is 4.79 Å². The molecule has 2 aliphatic rings. The van der Waals surface area contributed by atoms with Gasteiger partial charge in [0.1, 0.15) is 0 Å². The summed E-state index contributed by atoms with van der Waals surface area (Å²) in [5.74, 6) is 1.68. The second kappa shape index (κ2) is 8.13. The van der Waals surface area contributed by atoms with Crippen molar-refractivity contribution in [2.45, 2.75) is 52.6 Å². The predicted octanol–water partition coefficient (Wildman–Crippen LogP) is 2.06. The van der Waals surface area contributed by atoms with Crippen molar-refractivity contribution in [2.75, 3.05) is 31.1 Å². The maximum absolute atomic E-state index is 12.2. The zero-order valence-corrected chi connectivity index (χ0v) is 15.7. The molecule has 2 aliphatic heterocycles. The lowest BCUT2D eigenvalue weighted by Crippen LogP contribution is -2.50. The van der Waals surface area contributed by atoms with Gasteiger partial charge in [-0.15, -0.1) is 0 Å². The Balaban J connectivity index is 1.48. The van der Waals surface area contributed by atoms with E-state index in [2.05, 4.69) is 27.1 Å². The molecule has 1 aromatic rings. The average molecular weight is 345 g/mol. The average Bonchev–Trinajstić information content (AvgIpc) is 3.15. The van der Waals surface area contributed by atoms with Crippen molar-refractivity contribution in [1.82, 2.24) is 20.2 Å². The summed E-state index contributed by atoms with van der Waals surface area (Å²) in [4.78, 5) is 25.5. The van der Waals surface area contributed by atoms with Crippen LogP contribution in [0.5, 0.6) is 0 Å². The van der Waals surface area contributed by atoms with Gasteiger partial charge in [-0.3, -0.25) is 4.79 Å². The quantitative estimate of drug-likeness (QED) is 0.885. The molecule has 3 heterocycles. The van der Waals surface area contributed by atoms with Gasteiger partial charge in [-0.05, 0) is 25.2 Å². The lowest BCUT2D eigenvalue weighted by atomic mass is 9.93. The number of hydrogen-bond acceptors (Lipinski definition) is 5. The van der Waals surface area contributed by atoms with Crippen molar-refractivity contribution in [2.24, 2.45) is 11.8 Å². The second-order valence-electron chi connectivity index (χ2n) is 7.78. The van der Waals surface area contributed by atoms with E-state index in [4.69, 9.17) is 0 Å². The van der Waals surface area contributed by atoms with Gasteiger partial charge in [-0.2, -0.15) is 0 Å². The Morgan fingerprint density at radius 1 is 1.24 bits per heavy atom. The highest BCUT2D eigenvalue weighted by Gasteiger charge is 2.29. The summed E-state index contributed by atoms with van der Waals surface area (Å²) >= 11 is 0. The highest BCUT2D eigenvalue weighted by atomic mass is 16.2. The molecule has 0 unspecified atom stereocenters. The first-order valence-corrected chi connectivity index (χ1v) is 9.62. The summed E-state index contributed by atoms with van der Waals surface area (Å²) in [6, 6.07) is 0.439. The maximum Gasteiger partial charge on any atom is 0.225 e. The number of piperidine rings is 1. The molecule has 1 N–H and O–H groups in total. The van der Waals surface area contributed by atoms with Crippen LogP contribution in [0, 0.1) is 11.8 Å². The predicted molar refractivity (Wildman–Crippen MR) is 99.3 cm³/mol. The van der Waals surface area contributed by atoms with E-state index in [0.717, 1.165) is 50.7 Å². The fraction of sp³-hybridized carbons (Fsp3) is 0.737. The monoisotopic (exact) mass is 345 g/mol. The van der Waals surface area contributed by atoms with E-state index in [-0.39, 0.29) is 11.8 Å². The Bertz CT molecular complexity index is 568. The van der Waals surface area contributed by atoms with Crippen LogP contribution in [0.2, 0.25) is 0 Å². The van der Waals surface area contributed by atoms with Crippen molar-refractivity contribution >= 4 is 11.9 Å². The Morgan fingerprint density at radius 3 is 2.52 bits per heavy atom. The van der Waals surface area contributed by atoms with E-state index in [1.165, 1.54) is 12.8 Å². The van der Waals surface area contributed by atoms with Crippen molar-refractivity contribution in [1.29, 1.82) is 0 Å². The number of nitrogens with zero attached hydrogens (tertiary/aromatic N) is 4. The summed E-state index contributed by atoms with van der Waals surface area (Å²) in [6.07, 6.45) is 7.36. The molecule has 138 valence electrons. The van der Waals surface area contributed by atoms with Crippen LogP contribution in [0.25, 0.3) is 0 Å². The lowest BCUT2D eigenvalue weighted by Gasteiger charge is -2.38. The number of carbonyl (C=O) groups is 1. The number of rotatable bonds is 5. The molecule has 2 atom stereocenters. The zero-order chi connectivity index (χ0) is 17.8. The van der Waals surface area contributed by atoms with Crippen LogP contribution >= 0.6 is 0 Å². The smallest absolute Gasteiger partial charge is 0.225 e. The standard InChI is InChI=1S/C19H31N5O/c1-14(2)18(25)24-9-6-17(15(3)13-24)20-10-16-11-21-19(22-12-16)23-7-4-5-8-23/h11-12,14-15,17,20H,4-10,13H2,1-3H3/t15-,17+/m0/s1. The van der Waals surface area contributed by atoms with Gasteiger partial charge in [0.2, 0.25) is 11.9 Å². The van der Waals surface area contributed by atoms with Gasteiger partial charge in [0.15, 0.2) is 0 Å². The van der Waals surface area contributed by atoms with Gasteiger partial charge in [-0.1, -0.05) is 20.8 Å². The fourth-order valence-corrected chi connectivity index (χ4v) is 3.78. The van der Waals surface area contributed by atoms with Crippen LogP contribution in [0.15, 0.2) is 12.4 Å². The molecule has 25 heavy (non-hydrogen) atoms. The SMILES string of the molecule is CC(C)C(=O)N1CC[C@@H](NCc2cnc(N3CCCC3)nc2)[C@@H](C)C1. The van der Waals surface area contributed by atoms with Crippen molar-refractivity contribution < 1.29 is 4.79 Å². The van der Waals surface area contributed by atoms with Gasteiger partial charge in [0.05, 0.1) is 0 Å². The molecular formula is C19H31N5O. The van der Waals surface area contributed by atoms with Gasteiger partial charge in [0.25, 0.3) is 0 Å². The normalized spacial score (nSPS) is 24.2. The number of aromatic nitrogens is 2. The van der Waals surface area contributed by atoms with E-state index in [1.807, 2.05) is 31.1 Å². The molecule has 0 spiro atoms. The van der Waals surface area contributed by atoms with Crippen LogP contribution in [-0.2, 0) is 11.3 Å². The molecule has 1 aromatic heterocycles. The lowest BCUT2D eigenvalue weighted by molar-refractivity contribution is -0.136. The number of likely N-dealkylation sites (tertiary alicyclic amines) is 1. The molecular weight excluding hydrogens is 314 g/mol. The van der Waals surface area contributed by atoms with Crippen LogP contribution in [0.4, 0.5) is 5.95 Å². The van der Waals surface area contributed by atoms with Gasteiger partial charge in [0, 0.05) is 62.6 Å². The van der Waals surface area contributed by atoms with Crippen molar-refractivity contribution in [3.05, 3.63) is 18.0 Å². The van der Waals surface area contributed by atoms with Crippen LogP contribution in [-0.4, -0.2) is 53.0 Å². The number of nitrogens with one attached hydrogen (secondary N) is 1. The minimum atomic E-state index is 0.0861. The molecule has 0 aliphatic carbocycles. The Kier molecular flexibility index (Phi) is 5.89. The molecule has 0 radical (unpaired) electrons. The topological polar surface area (TPSA) is 61.4 Å². The fourth-order valence-electron chi connectivity index (χ4n) is 3.78. The van der Waals surface area contributed by atoms with Crippen LogP contribution in [0.3, 0.4) is 0 Å². The molecule has 0 bridgehead atoms. The van der Waals surface area contributed by atoms with Crippen molar-refractivity contribution in [3.63, 3.8) is 0 Å². The number of amides is 1. The Morgan fingerprint density at radius 2 is 1.92 bits per heavy atom. The van der Waals surface area contributed by atoms with Gasteiger partial charge >= 0.3 is 0 Å².